The summed E-state index contributed by atoms with van der Waals surface area (Å²) in [6.07, 6.45) is 15.5. The van der Waals surface area contributed by atoms with Crippen LogP contribution < -0.4 is 0 Å². The van der Waals surface area contributed by atoms with Crippen molar-refractivity contribution < 1.29 is 24.9 Å². The number of fused-ring (bicyclic) bond motifs is 7. The van der Waals surface area contributed by atoms with Crippen LogP contribution >= 0.6 is 0 Å². The minimum atomic E-state index is -0.368. The molecular formula is C36H60O5. The van der Waals surface area contributed by atoms with Crippen LogP contribution in [0.3, 0.4) is 0 Å². The first-order valence-corrected chi connectivity index (χ1v) is 17.7. The second-order valence-electron chi connectivity index (χ2n) is 16.6. The number of hydrogen-bond acceptors (Lipinski definition) is 5. The van der Waals surface area contributed by atoms with Gasteiger partial charge in [0.15, 0.2) is 5.78 Å². The highest BCUT2D eigenvalue weighted by atomic mass is 16.5. The molecule has 2 bridgehead atoms. The summed E-state index contributed by atoms with van der Waals surface area (Å²) in [4.78, 5) is 13.2. The van der Waals surface area contributed by atoms with Crippen LogP contribution in [0.15, 0.2) is 0 Å². The third kappa shape index (κ3) is 5.09. The largest absolute Gasteiger partial charge is 0.393 e. The Labute approximate surface area is 249 Å². The molecule has 6 rings (SSSR count). The number of rotatable bonds is 8. The zero-order valence-electron chi connectivity index (χ0n) is 26.5. The van der Waals surface area contributed by atoms with Crippen LogP contribution in [0.5, 0.6) is 0 Å². The zero-order chi connectivity index (χ0) is 29.2. The van der Waals surface area contributed by atoms with Crippen LogP contribution in [0, 0.1) is 58.2 Å². The monoisotopic (exact) mass is 572 g/mol. The van der Waals surface area contributed by atoms with Crippen molar-refractivity contribution in [3.05, 3.63) is 0 Å². The minimum absolute atomic E-state index is 0.0833. The van der Waals surface area contributed by atoms with E-state index in [1.54, 1.807) is 0 Å². The van der Waals surface area contributed by atoms with Gasteiger partial charge in [0.05, 0.1) is 23.9 Å². The fourth-order valence-corrected chi connectivity index (χ4v) is 12.5. The average molecular weight is 573 g/mol. The van der Waals surface area contributed by atoms with Crippen LogP contribution in [-0.4, -0.2) is 51.6 Å². The number of Topliss-reactive ketones (excluding diaryl/α,β-unsaturated/α-hetero) is 1. The fraction of sp³-hybridized carbons (Fsp3) is 0.972. The molecule has 6 fully saturated rings. The molecule has 41 heavy (non-hydrogen) atoms. The molecular weight excluding hydrogens is 512 g/mol. The van der Waals surface area contributed by atoms with Crippen LogP contribution in [0.2, 0.25) is 0 Å². The molecule has 3 N–H and O–H groups in total. The summed E-state index contributed by atoms with van der Waals surface area (Å²) >= 11 is 0. The number of carbonyl (C=O) groups excluding carboxylic acids is 1. The van der Waals surface area contributed by atoms with E-state index in [0.29, 0.717) is 41.9 Å². The van der Waals surface area contributed by atoms with Crippen molar-refractivity contribution >= 4 is 5.78 Å². The summed E-state index contributed by atoms with van der Waals surface area (Å²) < 4.78 is 6.55. The van der Waals surface area contributed by atoms with Gasteiger partial charge < -0.3 is 20.1 Å². The second kappa shape index (κ2) is 11.5. The van der Waals surface area contributed by atoms with Crippen LogP contribution in [0.4, 0.5) is 0 Å². The standard InChI is InChI=1S/C36H60O5/c1-5-36(16-13-23-7-6-8-24(36)17-23)41-21-27(38)10-9-22(2)28-11-12-29-33-30(20-32(40)35(28,29)4)34(3)15-14-26(37)18-25(34)19-31(33)39/h22-26,28-33,37,39-40H,5-21H2,1-4H3/t22-,23-,24-,25+,26-,28-,29+,30+,31-,32+,33+,34+,35-,36+/m1/s1. The molecule has 0 heterocycles. The highest BCUT2D eigenvalue weighted by molar-refractivity contribution is 5.79. The van der Waals surface area contributed by atoms with Gasteiger partial charge in [-0.3, -0.25) is 4.79 Å². The van der Waals surface area contributed by atoms with Gasteiger partial charge >= 0.3 is 0 Å². The molecule has 0 saturated heterocycles. The van der Waals surface area contributed by atoms with Gasteiger partial charge in [-0.25, -0.2) is 0 Å². The Kier molecular flexibility index (Phi) is 8.53. The minimum Gasteiger partial charge on any atom is -0.393 e. The van der Waals surface area contributed by atoms with Crippen molar-refractivity contribution in [1.29, 1.82) is 0 Å². The van der Waals surface area contributed by atoms with Crippen LogP contribution in [-0.2, 0) is 9.53 Å². The lowest BCUT2D eigenvalue weighted by molar-refractivity contribution is -0.207. The summed E-state index contributed by atoms with van der Waals surface area (Å²) in [6, 6.07) is 0. The van der Waals surface area contributed by atoms with Crippen molar-refractivity contribution in [2.24, 2.45) is 58.2 Å². The third-order valence-electron chi connectivity index (χ3n) is 15.0. The second-order valence-corrected chi connectivity index (χ2v) is 16.6. The molecule has 0 aromatic rings. The van der Waals surface area contributed by atoms with E-state index in [0.717, 1.165) is 70.1 Å². The SMILES string of the molecule is CC[C@]1(OCC(=O)CC[C@@H](C)[C@H]2CC[C@H]3[C@@H]4[C@H](O)C[C@@H]5C[C@H](O)CC[C@]5(C)[C@H]4C[C@H](O)[C@]23C)CC[C@H]2CCC[C@@H]1C2. The summed E-state index contributed by atoms with van der Waals surface area (Å²) in [6.45, 7) is 9.53. The Bertz CT molecular complexity index is 952. The molecule has 6 aliphatic carbocycles. The van der Waals surface area contributed by atoms with Crippen molar-refractivity contribution in [1.82, 2.24) is 0 Å². The van der Waals surface area contributed by atoms with E-state index in [-0.39, 0.29) is 53.1 Å². The van der Waals surface area contributed by atoms with Crippen molar-refractivity contribution in [3.8, 4) is 0 Å². The predicted octanol–water partition coefficient (Wildman–Crippen LogP) is 6.70. The van der Waals surface area contributed by atoms with Crippen LogP contribution in [0.1, 0.15) is 130 Å². The van der Waals surface area contributed by atoms with E-state index in [1.807, 2.05) is 0 Å². The molecule has 6 aliphatic rings. The molecule has 0 spiro atoms. The van der Waals surface area contributed by atoms with Gasteiger partial charge in [0.1, 0.15) is 6.61 Å². The van der Waals surface area contributed by atoms with E-state index in [2.05, 4.69) is 27.7 Å². The van der Waals surface area contributed by atoms with Gasteiger partial charge in [0, 0.05) is 6.42 Å². The van der Waals surface area contributed by atoms with E-state index >= 15 is 0 Å². The van der Waals surface area contributed by atoms with Gasteiger partial charge in [-0.15, -0.1) is 0 Å². The highest BCUT2D eigenvalue weighted by Gasteiger charge is 2.65. The average Bonchev–Trinajstić information content (AvgIpc) is 3.32. The lowest BCUT2D eigenvalue weighted by Crippen LogP contribution is -2.62. The normalized spacial score (nSPS) is 51.8. The van der Waals surface area contributed by atoms with Crippen molar-refractivity contribution in [2.45, 2.75) is 154 Å². The van der Waals surface area contributed by atoms with Crippen molar-refractivity contribution in [2.75, 3.05) is 6.61 Å². The lowest BCUT2D eigenvalue weighted by atomic mass is 9.43. The molecule has 6 saturated carbocycles. The molecule has 5 nitrogen and oxygen atoms in total. The Hall–Kier alpha value is -0.490. The summed E-state index contributed by atoms with van der Waals surface area (Å²) in [5, 5.41) is 33.8. The van der Waals surface area contributed by atoms with Gasteiger partial charge in [0.25, 0.3) is 0 Å². The van der Waals surface area contributed by atoms with E-state index in [1.165, 1.54) is 32.1 Å². The molecule has 234 valence electrons. The number of carbonyl (C=O) groups is 1. The molecule has 0 aromatic carbocycles. The highest BCUT2D eigenvalue weighted by Crippen LogP contribution is 2.68. The van der Waals surface area contributed by atoms with Crippen LogP contribution in [0.25, 0.3) is 0 Å². The first-order chi connectivity index (χ1) is 19.5. The van der Waals surface area contributed by atoms with Gasteiger partial charge in [-0.1, -0.05) is 40.5 Å². The molecule has 0 radical (unpaired) electrons. The summed E-state index contributed by atoms with van der Waals surface area (Å²) in [7, 11) is 0. The van der Waals surface area contributed by atoms with E-state index < -0.39 is 0 Å². The van der Waals surface area contributed by atoms with E-state index in [9.17, 15) is 20.1 Å². The quantitative estimate of drug-likeness (QED) is 0.301. The molecule has 0 unspecified atom stereocenters. The molecule has 0 amide bonds. The lowest BCUT2D eigenvalue weighted by Gasteiger charge is -2.63. The Morgan fingerprint density at radius 2 is 1.71 bits per heavy atom. The number of aliphatic hydroxyl groups is 3. The maximum Gasteiger partial charge on any atom is 0.158 e. The Morgan fingerprint density at radius 3 is 2.49 bits per heavy atom. The number of hydrogen-bond donors (Lipinski definition) is 3. The van der Waals surface area contributed by atoms with E-state index in [4.69, 9.17) is 4.74 Å². The van der Waals surface area contributed by atoms with Gasteiger partial charge in [0.2, 0.25) is 0 Å². The maximum absolute atomic E-state index is 13.2. The Balaban J connectivity index is 1.08. The van der Waals surface area contributed by atoms with Gasteiger partial charge in [-0.05, 0) is 142 Å². The smallest absolute Gasteiger partial charge is 0.158 e. The topological polar surface area (TPSA) is 87.0 Å². The number of ether oxygens (including phenoxy) is 1. The number of aliphatic hydroxyl groups excluding tert-OH is 3. The first-order valence-electron chi connectivity index (χ1n) is 17.7. The summed E-state index contributed by atoms with van der Waals surface area (Å²) in [5.74, 6) is 3.75. The first kappa shape index (κ1) is 30.5. The van der Waals surface area contributed by atoms with Gasteiger partial charge in [-0.2, -0.15) is 0 Å². The molecule has 5 heteroatoms. The summed E-state index contributed by atoms with van der Waals surface area (Å²) in [5.41, 5.74) is -0.182. The number of ketones is 1. The predicted molar refractivity (Wildman–Crippen MR) is 161 cm³/mol. The third-order valence-corrected chi connectivity index (χ3v) is 15.0. The maximum atomic E-state index is 13.2. The zero-order valence-corrected chi connectivity index (χ0v) is 26.5. The van der Waals surface area contributed by atoms with Crippen molar-refractivity contribution in [3.63, 3.8) is 0 Å². The molecule has 0 aromatic heterocycles. The Morgan fingerprint density at radius 1 is 0.902 bits per heavy atom. The molecule has 0 aliphatic heterocycles. The molecule has 14 atom stereocenters. The fourth-order valence-electron chi connectivity index (χ4n) is 12.5.